The fourth-order valence-electron chi connectivity index (χ4n) is 2.75. The van der Waals surface area contributed by atoms with Crippen molar-refractivity contribution in [1.82, 2.24) is 4.90 Å². The zero-order valence-electron chi connectivity index (χ0n) is 12.7. The van der Waals surface area contributed by atoms with Crippen LogP contribution >= 0.6 is 11.6 Å². The third kappa shape index (κ3) is 3.57. The highest BCUT2D eigenvalue weighted by Crippen LogP contribution is 2.30. The molecule has 1 atom stereocenters. The van der Waals surface area contributed by atoms with Crippen molar-refractivity contribution < 1.29 is 18.7 Å². The van der Waals surface area contributed by atoms with E-state index in [4.69, 9.17) is 16.3 Å². The van der Waals surface area contributed by atoms with E-state index in [0.717, 1.165) is 10.5 Å². The number of nitrogens with zero attached hydrogens (tertiary/aromatic N) is 1. The lowest BCUT2D eigenvalue weighted by molar-refractivity contribution is -0.127. The van der Waals surface area contributed by atoms with Crippen LogP contribution in [-0.4, -0.2) is 30.1 Å². The van der Waals surface area contributed by atoms with Gasteiger partial charge in [0.15, 0.2) is 0 Å². The van der Waals surface area contributed by atoms with E-state index in [-0.39, 0.29) is 37.2 Å². The first-order chi connectivity index (χ1) is 11.5. The fourth-order valence-corrected chi connectivity index (χ4v) is 2.88. The molecule has 1 saturated heterocycles. The lowest BCUT2D eigenvalue weighted by Gasteiger charge is -2.20. The molecular weight excluding hydrogens is 333 g/mol. The van der Waals surface area contributed by atoms with Gasteiger partial charge in [0.2, 0.25) is 5.91 Å². The zero-order valence-corrected chi connectivity index (χ0v) is 13.5. The number of benzene rings is 2. The molecule has 1 fully saturated rings. The van der Waals surface area contributed by atoms with Crippen molar-refractivity contribution in [2.24, 2.45) is 0 Å². The van der Waals surface area contributed by atoms with Crippen molar-refractivity contribution in [1.29, 1.82) is 0 Å². The summed E-state index contributed by atoms with van der Waals surface area (Å²) in [7, 11) is 0. The number of imide groups is 1. The molecule has 0 N–H and O–H groups in total. The van der Waals surface area contributed by atoms with E-state index in [9.17, 15) is 14.0 Å². The molecule has 0 aliphatic carbocycles. The molecule has 2 aromatic rings. The van der Waals surface area contributed by atoms with E-state index in [0.29, 0.717) is 10.6 Å². The highest BCUT2D eigenvalue weighted by atomic mass is 35.5. The Kier molecular flexibility index (Phi) is 4.81. The van der Waals surface area contributed by atoms with Crippen molar-refractivity contribution in [3.05, 3.63) is 70.5 Å². The first-order valence-electron chi connectivity index (χ1n) is 7.52. The number of halogens is 2. The van der Waals surface area contributed by atoms with Crippen molar-refractivity contribution in [3.63, 3.8) is 0 Å². The normalized spacial score (nSPS) is 15.2. The van der Waals surface area contributed by atoms with Crippen LogP contribution in [0, 0.1) is 5.82 Å². The summed E-state index contributed by atoms with van der Waals surface area (Å²) in [5.74, 6) is -1.10. The van der Waals surface area contributed by atoms with Crippen molar-refractivity contribution >= 4 is 23.6 Å². The van der Waals surface area contributed by atoms with E-state index >= 15 is 0 Å². The molecule has 1 heterocycles. The molecule has 0 radical (unpaired) electrons. The Hall–Kier alpha value is -2.40. The largest absolute Gasteiger partial charge is 0.447 e. The van der Waals surface area contributed by atoms with Crippen LogP contribution in [0.15, 0.2) is 48.5 Å². The summed E-state index contributed by atoms with van der Waals surface area (Å²) >= 11 is 5.92. The standard InChI is InChI=1S/C18H15ClFNO3/c19-14-6-4-12(5-7-14)16(13-2-1-3-15(20)10-13)11-17(22)21-8-9-24-18(21)23/h1-7,10,16H,8-9,11H2. The number of rotatable bonds is 4. The quantitative estimate of drug-likeness (QED) is 0.840. The van der Waals surface area contributed by atoms with Gasteiger partial charge in [-0.05, 0) is 35.4 Å². The van der Waals surface area contributed by atoms with Crippen molar-refractivity contribution in [2.45, 2.75) is 12.3 Å². The Bertz CT molecular complexity index is 763. The molecule has 0 spiro atoms. The summed E-state index contributed by atoms with van der Waals surface area (Å²) in [6.07, 6.45) is -0.589. The van der Waals surface area contributed by atoms with Crippen LogP contribution in [-0.2, 0) is 9.53 Å². The molecule has 2 amide bonds. The van der Waals surface area contributed by atoms with Crippen LogP contribution in [0.3, 0.4) is 0 Å². The molecule has 124 valence electrons. The van der Waals surface area contributed by atoms with E-state index in [1.807, 2.05) is 0 Å². The predicted molar refractivity (Wildman–Crippen MR) is 87.4 cm³/mol. The molecule has 0 bridgehead atoms. The molecule has 2 aromatic carbocycles. The van der Waals surface area contributed by atoms with Gasteiger partial charge >= 0.3 is 6.09 Å². The van der Waals surface area contributed by atoms with Gasteiger partial charge in [-0.25, -0.2) is 14.1 Å². The number of amides is 2. The Morgan fingerprint density at radius 1 is 1.21 bits per heavy atom. The first kappa shape index (κ1) is 16.5. The molecule has 6 heteroatoms. The summed E-state index contributed by atoms with van der Waals surface area (Å²) in [5.41, 5.74) is 1.49. The SMILES string of the molecule is O=C(CC(c1ccc(Cl)cc1)c1cccc(F)c1)N1CCOC1=O. The minimum absolute atomic E-state index is 0.0419. The van der Waals surface area contributed by atoms with E-state index in [2.05, 4.69) is 0 Å². The summed E-state index contributed by atoms with van der Waals surface area (Å²) in [6.45, 7) is 0.449. The number of hydrogen-bond acceptors (Lipinski definition) is 3. The molecular formula is C18H15ClFNO3. The average molecular weight is 348 g/mol. The zero-order chi connectivity index (χ0) is 17.1. The minimum Gasteiger partial charge on any atom is -0.447 e. The Balaban J connectivity index is 1.91. The molecule has 3 rings (SSSR count). The Labute approximate surface area is 143 Å². The van der Waals surface area contributed by atoms with Crippen LogP contribution < -0.4 is 0 Å². The molecule has 4 nitrogen and oxygen atoms in total. The lowest BCUT2D eigenvalue weighted by atomic mass is 9.88. The van der Waals surface area contributed by atoms with Gasteiger partial charge in [0.1, 0.15) is 12.4 Å². The predicted octanol–water partition coefficient (Wildman–Crippen LogP) is 3.98. The van der Waals surface area contributed by atoms with E-state index in [1.54, 1.807) is 36.4 Å². The maximum Gasteiger partial charge on any atom is 0.416 e. The number of hydrogen-bond donors (Lipinski definition) is 0. The Morgan fingerprint density at radius 2 is 1.96 bits per heavy atom. The summed E-state index contributed by atoms with van der Waals surface area (Å²) in [4.78, 5) is 25.1. The maximum absolute atomic E-state index is 13.6. The molecule has 1 unspecified atom stereocenters. The van der Waals surface area contributed by atoms with Crippen molar-refractivity contribution in [2.75, 3.05) is 13.2 Å². The van der Waals surface area contributed by atoms with Gasteiger partial charge < -0.3 is 4.74 Å². The molecule has 1 aliphatic rings. The second-order valence-corrected chi connectivity index (χ2v) is 5.96. The van der Waals surface area contributed by atoms with Gasteiger partial charge in [-0.3, -0.25) is 4.79 Å². The first-order valence-corrected chi connectivity index (χ1v) is 7.90. The minimum atomic E-state index is -0.630. The Morgan fingerprint density at radius 3 is 2.58 bits per heavy atom. The van der Waals surface area contributed by atoms with Crippen LogP contribution in [0.2, 0.25) is 5.02 Å². The van der Waals surface area contributed by atoms with Gasteiger partial charge in [-0.15, -0.1) is 0 Å². The number of ether oxygens (including phenoxy) is 1. The van der Waals surface area contributed by atoms with Crippen LogP contribution in [0.1, 0.15) is 23.5 Å². The smallest absolute Gasteiger partial charge is 0.416 e. The van der Waals surface area contributed by atoms with Gasteiger partial charge in [0.05, 0.1) is 6.54 Å². The number of cyclic esters (lactones) is 1. The highest BCUT2D eigenvalue weighted by molar-refractivity contribution is 6.30. The second kappa shape index (κ2) is 7.01. The van der Waals surface area contributed by atoms with Crippen LogP contribution in [0.25, 0.3) is 0 Å². The molecule has 0 aromatic heterocycles. The summed E-state index contributed by atoms with van der Waals surface area (Å²) < 4.78 is 18.4. The van der Waals surface area contributed by atoms with Gasteiger partial charge in [-0.2, -0.15) is 0 Å². The lowest BCUT2D eigenvalue weighted by Crippen LogP contribution is -2.32. The monoisotopic (exact) mass is 347 g/mol. The average Bonchev–Trinajstić information content (AvgIpc) is 2.99. The topological polar surface area (TPSA) is 46.6 Å². The summed E-state index contributed by atoms with van der Waals surface area (Å²) in [6, 6.07) is 13.1. The van der Waals surface area contributed by atoms with Gasteiger partial charge in [-0.1, -0.05) is 35.9 Å². The maximum atomic E-state index is 13.6. The van der Waals surface area contributed by atoms with Gasteiger partial charge in [0, 0.05) is 17.4 Å². The fraction of sp³-hybridized carbons (Fsp3) is 0.222. The third-order valence-electron chi connectivity index (χ3n) is 3.96. The highest BCUT2D eigenvalue weighted by Gasteiger charge is 2.30. The molecule has 1 aliphatic heterocycles. The number of carbonyl (C=O) groups is 2. The second-order valence-electron chi connectivity index (χ2n) is 5.52. The molecule has 24 heavy (non-hydrogen) atoms. The molecule has 0 saturated carbocycles. The van der Waals surface area contributed by atoms with Crippen molar-refractivity contribution in [3.8, 4) is 0 Å². The van der Waals surface area contributed by atoms with Crippen LogP contribution in [0.5, 0.6) is 0 Å². The van der Waals surface area contributed by atoms with E-state index in [1.165, 1.54) is 12.1 Å². The van der Waals surface area contributed by atoms with Gasteiger partial charge in [0.25, 0.3) is 0 Å². The van der Waals surface area contributed by atoms with E-state index < -0.39 is 6.09 Å². The summed E-state index contributed by atoms with van der Waals surface area (Å²) in [5, 5.41) is 0.575. The number of carbonyl (C=O) groups excluding carboxylic acids is 2. The van der Waals surface area contributed by atoms with Crippen LogP contribution in [0.4, 0.5) is 9.18 Å². The third-order valence-corrected chi connectivity index (χ3v) is 4.22.